The molecule has 1 fully saturated rings. The van der Waals surface area contributed by atoms with E-state index >= 15 is 0 Å². The van der Waals surface area contributed by atoms with Gasteiger partial charge in [-0.2, -0.15) is 0 Å². The van der Waals surface area contributed by atoms with Crippen LogP contribution in [0.1, 0.15) is 21.1 Å². The van der Waals surface area contributed by atoms with E-state index in [0.29, 0.717) is 24.5 Å². The topological polar surface area (TPSA) is 55.6 Å². The molecule has 118 valence electrons. The molecule has 0 atom stereocenters. The van der Waals surface area contributed by atoms with Crippen LogP contribution in [0, 0.1) is 0 Å². The number of hydrogen-bond acceptors (Lipinski definition) is 6. The summed E-state index contributed by atoms with van der Waals surface area (Å²) in [5.41, 5.74) is 1.64. The van der Waals surface area contributed by atoms with Crippen LogP contribution in [0.25, 0.3) is 11.0 Å². The third kappa shape index (κ3) is 2.87. The summed E-state index contributed by atoms with van der Waals surface area (Å²) in [6, 6.07) is 9.91. The van der Waals surface area contributed by atoms with Crippen LogP contribution < -0.4 is 4.90 Å². The van der Waals surface area contributed by atoms with Crippen molar-refractivity contribution < 1.29 is 13.9 Å². The molecule has 4 rings (SSSR count). The van der Waals surface area contributed by atoms with Crippen LogP contribution in [-0.4, -0.2) is 37.6 Å². The quantitative estimate of drug-likeness (QED) is 0.689. The lowest BCUT2D eigenvalue weighted by Crippen LogP contribution is -2.36. The minimum absolute atomic E-state index is 0.531. The van der Waals surface area contributed by atoms with Gasteiger partial charge in [-0.3, -0.25) is 4.79 Å². The molecule has 1 aromatic carbocycles. The Morgan fingerprint density at radius 2 is 2.09 bits per heavy atom. The van der Waals surface area contributed by atoms with Gasteiger partial charge in [0.05, 0.1) is 23.8 Å². The van der Waals surface area contributed by atoms with E-state index in [4.69, 9.17) is 9.15 Å². The number of para-hydroxylation sites is 1. The molecule has 0 saturated carbocycles. The van der Waals surface area contributed by atoms with E-state index in [1.807, 2.05) is 30.3 Å². The van der Waals surface area contributed by atoms with E-state index in [9.17, 15) is 4.79 Å². The number of thiazole rings is 1. The summed E-state index contributed by atoms with van der Waals surface area (Å²) in [6.45, 7) is 3.04. The normalized spacial score (nSPS) is 15.2. The van der Waals surface area contributed by atoms with Gasteiger partial charge in [0, 0.05) is 24.9 Å². The van der Waals surface area contributed by atoms with E-state index < -0.39 is 0 Å². The number of hydrogen-bond donors (Lipinski definition) is 0. The number of carbonyl (C=O) groups excluding carboxylic acids is 1. The molecule has 23 heavy (non-hydrogen) atoms. The number of carbonyl (C=O) groups is 1. The number of nitrogens with zero attached hydrogens (tertiary/aromatic N) is 2. The average molecular weight is 328 g/mol. The van der Waals surface area contributed by atoms with E-state index in [1.165, 1.54) is 11.3 Å². The van der Waals surface area contributed by atoms with Gasteiger partial charge in [-0.05, 0) is 12.1 Å². The molecule has 6 heteroatoms. The first kappa shape index (κ1) is 14.4. The van der Waals surface area contributed by atoms with E-state index in [0.717, 1.165) is 46.9 Å². The molecule has 0 bridgehead atoms. The van der Waals surface area contributed by atoms with Crippen molar-refractivity contribution in [3.05, 3.63) is 46.7 Å². The number of fused-ring (bicyclic) bond motifs is 1. The number of aldehydes is 1. The Labute approximate surface area is 137 Å². The second-order valence-electron chi connectivity index (χ2n) is 5.45. The third-order valence-electron chi connectivity index (χ3n) is 3.92. The van der Waals surface area contributed by atoms with Gasteiger partial charge in [-0.25, -0.2) is 4.98 Å². The second-order valence-corrected chi connectivity index (χ2v) is 6.46. The molecule has 5 nitrogen and oxygen atoms in total. The maximum absolute atomic E-state index is 11.4. The number of morpholine rings is 1. The number of anilines is 1. The van der Waals surface area contributed by atoms with Crippen LogP contribution in [0.2, 0.25) is 0 Å². The number of aromatic nitrogens is 1. The highest BCUT2D eigenvalue weighted by Gasteiger charge is 2.19. The number of furan rings is 1. The maximum atomic E-state index is 11.4. The zero-order chi connectivity index (χ0) is 15.6. The molecule has 0 amide bonds. The molecule has 0 radical (unpaired) electrons. The molecule has 0 aliphatic carbocycles. The SMILES string of the molecule is O=Cc1sc(N2CCOCC2)nc1Cc1cc2ccccc2o1. The Morgan fingerprint density at radius 3 is 2.87 bits per heavy atom. The minimum atomic E-state index is 0.531. The predicted molar refractivity (Wildman–Crippen MR) is 89.6 cm³/mol. The molecule has 1 aliphatic heterocycles. The Bertz CT molecular complexity index is 800. The maximum Gasteiger partial charge on any atom is 0.186 e. The summed E-state index contributed by atoms with van der Waals surface area (Å²) in [5, 5.41) is 1.96. The number of ether oxygens (including phenoxy) is 1. The van der Waals surface area contributed by atoms with Gasteiger partial charge < -0.3 is 14.1 Å². The van der Waals surface area contributed by atoms with Crippen molar-refractivity contribution in [3.8, 4) is 0 Å². The first-order valence-corrected chi connectivity index (χ1v) is 8.40. The number of rotatable bonds is 4. The highest BCUT2D eigenvalue weighted by atomic mass is 32.1. The third-order valence-corrected chi connectivity index (χ3v) is 5.01. The lowest BCUT2D eigenvalue weighted by molar-refractivity contribution is 0.112. The second kappa shape index (κ2) is 6.14. The summed E-state index contributed by atoms with van der Waals surface area (Å²) in [5.74, 6) is 0.827. The smallest absolute Gasteiger partial charge is 0.186 e. The highest BCUT2D eigenvalue weighted by Crippen LogP contribution is 2.29. The Kier molecular flexibility index (Phi) is 3.85. The summed E-state index contributed by atoms with van der Waals surface area (Å²) in [6.07, 6.45) is 1.42. The van der Waals surface area contributed by atoms with E-state index in [-0.39, 0.29) is 0 Å². The van der Waals surface area contributed by atoms with Crippen molar-refractivity contribution in [3.63, 3.8) is 0 Å². The zero-order valence-corrected chi connectivity index (χ0v) is 13.3. The standard InChI is InChI=1S/C17H16N2O3S/c20-11-16-14(18-17(23-16)19-5-7-21-8-6-19)10-13-9-12-3-1-2-4-15(12)22-13/h1-4,9,11H,5-8,10H2. The van der Waals surface area contributed by atoms with E-state index in [1.54, 1.807) is 0 Å². The highest BCUT2D eigenvalue weighted by molar-refractivity contribution is 7.17. The molecule has 0 spiro atoms. The summed E-state index contributed by atoms with van der Waals surface area (Å²) < 4.78 is 11.2. The van der Waals surface area contributed by atoms with Gasteiger partial charge in [0.2, 0.25) is 0 Å². The van der Waals surface area contributed by atoms with Crippen LogP contribution in [-0.2, 0) is 11.2 Å². The van der Waals surface area contributed by atoms with Crippen molar-refractivity contribution in [1.82, 2.24) is 4.98 Å². The molecular formula is C17H16N2O3S. The van der Waals surface area contributed by atoms with Crippen molar-refractivity contribution in [2.24, 2.45) is 0 Å². The summed E-state index contributed by atoms with van der Waals surface area (Å²) >= 11 is 1.44. The molecule has 2 aromatic heterocycles. The van der Waals surface area contributed by atoms with Crippen LogP contribution in [0.4, 0.5) is 5.13 Å². The molecule has 0 N–H and O–H groups in total. The molecule has 3 aromatic rings. The predicted octanol–water partition coefficient (Wildman–Crippen LogP) is 3.13. The van der Waals surface area contributed by atoms with Crippen molar-refractivity contribution in [2.75, 3.05) is 31.2 Å². The van der Waals surface area contributed by atoms with Gasteiger partial charge in [0.1, 0.15) is 11.3 Å². The van der Waals surface area contributed by atoms with Gasteiger partial charge in [0.25, 0.3) is 0 Å². The Hall–Kier alpha value is -2.18. The first-order valence-electron chi connectivity index (χ1n) is 7.58. The van der Waals surface area contributed by atoms with Crippen molar-refractivity contribution in [2.45, 2.75) is 6.42 Å². The Morgan fingerprint density at radius 1 is 1.26 bits per heavy atom. The molecular weight excluding hydrogens is 312 g/mol. The average Bonchev–Trinajstić information content (AvgIpc) is 3.19. The van der Waals surface area contributed by atoms with Gasteiger partial charge in [-0.1, -0.05) is 29.5 Å². The molecule has 1 saturated heterocycles. The van der Waals surface area contributed by atoms with Crippen LogP contribution in [0.5, 0.6) is 0 Å². The molecule has 1 aliphatic rings. The van der Waals surface area contributed by atoms with Crippen molar-refractivity contribution in [1.29, 1.82) is 0 Å². The van der Waals surface area contributed by atoms with Gasteiger partial charge in [-0.15, -0.1) is 0 Å². The van der Waals surface area contributed by atoms with Crippen LogP contribution in [0.15, 0.2) is 34.7 Å². The van der Waals surface area contributed by atoms with Gasteiger partial charge in [0.15, 0.2) is 11.4 Å². The summed E-state index contributed by atoms with van der Waals surface area (Å²) in [7, 11) is 0. The van der Waals surface area contributed by atoms with Crippen LogP contribution >= 0.6 is 11.3 Å². The minimum Gasteiger partial charge on any atom is -0.461 e. The monoisotopic (exact) mass is 328 g/mol. The van der Waals surface area contributed by atoms with E-state index in [2.05, 4.69) is 9.88 Å². The summed E-state index contributed by atoms with van der Waals surface area (Å²) in [4.78, 5) is 18.9. The van der Waals surface area contributed by atoms with Gasteiger partial charge >= 0.3 is 0 Å². The zero-order valence-electron chi connectivity index (χ0n) is 12.5. The lowest BCUT2D eigenvalue weighted by atomic mass is 10.2. The largest absolute Gasteiger partial charge is 0.461 e. The molecule has 0 unspecified atom stereocenters. The van der Waals surface area contributed by atoms with Crippen LogP contribution in [0.3, 0.4) is 0 Å². The fraction of sp³-hybridized carbons (Fsp3) is 0.294. The first-order chi connectivity index (χ1) is 11.3. The lowest BCUT2D eigenvalue weighted by Gasteiger charge is -2.26. The van der Waals surface area contributed by atoms with Crippen molar-refractivity contribution >= 4 is 33.7 Å². The molecule has 3 heterocycles. The fourth-order valence-corrected chi connectivity index (χ4v) is 3.70. The number of benzene rings is 1. The Balaban J connectivity index is 1.62. The fourth-order valence-electron chi connectivity index (χ4n) is 2.75.